The summed E-state index contributed by atoms with van der Waals surface area (Å²) in [5, 5.41) is 7.70. The second kappa shape index (κ2) is 9.62. The summed E-state index contributed by atoms with van der Waals surface area (Å²) in [7, 11) is -4.12. The number of amides is 1. The van der Waals surface area contributed by atoms with Crippen molar-refractivity contribution >= 4 is 21.9 Å². The van der Waals surface area contributed by atoms with Crippen LogP contribution in [0, 0.1) is 5.82 Å². The van der Waals surface area contributed by atoms with Gasteiger partial charge in [0, 0.05) is 12.5 Å². The number of carbonyl (C=O) groups is 2. The van der Waals surface area contributed by atoms with Gasteiger partial charge in [-0.3, -0.25) is 4.79 Å². The molecular formula is C20H23FN2O5S. The summed E-state index contributed by atoms with van der Waals surface area (Å²) >= 11 is 0. The van der Waals surface area contributed by atoms with Crippen LogP contribution in [0.4, 0.5) is 4.39 Å². The molecule has 0 aliphatic heterocycles. The minimum Gasteiger partial charge on any atom is -0.449 e. The van der Waals surface area contributed by atoms with Crippen LogP contribution < -0.4 is 10.5 Å². The molecule has 0 bridgehead atoms. The highest BCUT2D eigenvalue weighted by molar-refractivity contribution is 7.89. The van der Waals surface area contributed by atoms with Crippen molar-refractivity contribution in [2.75, 3.05) is 6.54 Å². The van der Waals surface area contributed by atoms with Crippen molar-refractivity contribution in [3.05, 3.63) is 65.5 Å². The van der Waals surface area contributed by atoms with Crippen molar-refractivity contribution < 1.29 is 27.1 Å². The summed E-state index contributed by atoms with van der Waals surface area (Å²) in [5.41, 5.74) is 0.453. The van der Waals surface area contributed by atoms with Crippen LogP contribution >= 0.6 is 0 Å². The van der Waals surface area contributed by atoms with Gasteiger partial charge in [-0.15, -0.1) is 0 Å². The predicted octanol–water partition coefficient (Wildman–Crippen LogP) is 2.33. The Bertz CT molecular complexity index is 980. The number of esters is 1. The lowest BCUT2D eigenvalue weighted by Crippen LogP contribution is -2.38. The van der Waals surface area contributed by atoms with Crippen molar-refractivity contribution in [3.8, 4) is 0 Å². The van der Waals surface area contributed by atoms with Crippen molar-refractivity contribution in [1.29, 1.82) is 0 Å². The second-order valence-electron chi connectivity index (χ2n) is 6.50. The fourth-order valence-electron chi connectivity index (χ4n) is 2.71. The first-order valence-electron chi connectivity index (χ1n) is 8.99. The molecule has 0 aliphatic rings. The van der Waals surface area contributed by atoms with Crippen LogP contribution in [-0.2, 0) is 19.6 Å². The predicted molar refractivity (Wildman–Crippen MR) is 105 cm³/mol. The van der Waals surface area contributed by atoms with E-state index in [1.807, 2.05) is 37.3 Å². The molecule has 0 fully saturated rings. The number of benzene rings is 2. The topological polar surface area (TPSA) is 116 Å². The Morgan fingerprint density at radius 2 is 1.83 bits per heavy atom. The van der Waals surface area contributed by atoms with Crippen LogP contribution in [0.5, 0.6) is 0 Å². The number of nitrogens with one attached hydrogen (secondary N) is 1. The largest absolute Gasteiger partial charge is 0.449 e. The molecule has 0 saturated heterocycles. The van der Waals surface area contributed by atoms with E-state index in [0.717, 1.165) is 30.2 Å². The molecule has 156 valence electrons. The van der Waals surface area contributed by atoms with Crippen LogP contribution in [0.3, 0.4) is 0 Å². The average molecular weight is 422 g/mol. The maximum atomic E-state index is 13.9. The van der Waals surface area contributed by atoms with Crippen LogP contribution in [0.15, 0.2) is 53.4 Å². The first kappa shape index (κ1) is 22.5. The van der Waals surface area contributed by atoms with Gasteiger partial charge in [-0.25, -0.2) is 22.7 Å². The van der Waals surface area contributed by atoms with E-state index < -0.39 is 44.3 Å². The number of sulfonamides is 1. The van der Waals surface area contributed by atoms with Crippen molar-refractivity contribution in [2.24, 2.45) is 5.14 Å². The third kappa shape index (κ3) is 6.10. The highest BCUT2D eigenvalue weighted by Crippen LogP contribution is 2.18. The number of hydrogen-bond donors (Lipinski definition) is 2. The zero-order chi connectivity index (χ0) is 21.6. The maximum absolute atomic E-state index is 13.9. The molecule has 2 rings (SSSR count). The molecule has 7 nitrogen and oxygen atoms in total. The Kier molecular flexibility index (Phi) is 7.46. The number of hydrogen-bond acceptors (Lipinski definition) is 5. The third-order valence-electron chi connectivity index (χ3n) is 4.43. The molecular weight excluding hydrogens is 399 g/mol. The zero-order valence-electron chi connectivity index (χ0n) is 16.1. The number of ether oxygens (including phenoxy) is 1. The maximum Gasteiger partial charge on any atom is 0.341 e. The molecule has 2 aromatic carbocycles. The molecule has 9 heteroatoms. The van der Waals surface area contributed by atoms with E-state index in [-0.39, 0.29) is 5.92 Å². The van der Waals surface area contributed by atoms with Crippen molar-refractivity contribution in [3.63, 3.8) is 0 Å². The lowest BCUT2D eigenvalue weighted by molar-refractivity contribution is -0.129. The van der Waals surface area contributed by atoms with Gasteiger partial charge >= 0.3 is 5.97 Å². The van der Waals surface area contributed by atoms with Gasteiger partial charge in [0.1, 0.15) is 5.82 Å². The van der Waals surface area contributed by atoms with E-state index in [0.29, 0.717) is 6.54 Å². The molecule has 29 heavy (non-hydrogen) atoms. The lowest BCUT2D eigenvalue weighted by Gasteiger charge is -2.18. The van der Waals surface area contributed by atoms with E-state index >= 15 is 0 Å². The minimum absolute atomic E-state index is 0.0898. The molecule has 0 aromatic heterocycles. The molecule has 0 aliphatic carbocycles. The van der Waals surface area contributed by atoms with Gasteiger partial charge in [0.05, 0.1) is 10.5 Å². The van der Waals surface area contributed by atoms with Gasteiger partial charge in [0.2, 0.25) is 10.0 Å². The van der Waals surface area contributed by atoms with E-state index in [4.69, 9.17) is 9.88 Å². The third-order valence-corrected chi connectivity index (χ3v) is 5.34. The summed E-state index contributed by atoms with van der Waals surface area (Å²) in [4.78, 5) is 24.0. The van der Waals surface area contributed by atoms with E-state index in [9.17, 15) is 22.4 Å². The summed E-state index contributed by atoms with van der Waals surface area (Å²) in [5.74, 6) is -2.60. The SMILES string of the molecule is CC[C@@H](CNC(=O)[C@H](C)OC(=O)c1cc(S(N)(=O)=O)ccc1F)c1ccccc1. The fraction of sp³-hybridized carbons (Fsp3) is 0.300. The molecule has 2 aromatic rings. The molecule has 0 spiro atoms. The average Bonchev–Trinajstić information content (AvgIpc) is 2.68. The first-order chi connectivity index (χ1) is 13.6. The van der Waals surface area contributed by atoms with Crippen LogP contribution in [0.2, 0.25) is 0 Å². The molecule has 0 unspecified atom stereocenters. The van der Waals surface area contributed by atoms with Crippen LogP contribution in [0.1, 0.15) is 42.1 Å². The van der Waals surface area contributed by atoms with E-state index in [1.165, 1.54) is 6.92 Å². The van der Waals surface area contributed by atoms with Crippen LogP contribution in [0.25, 0.3) is 0 Å². The first-order valence-corrected chi connectivity index (χ1v) is 10.5. The Hall–Kier alpha value is -2.78. The number of carbonyl (C=O) groups excluding carboxylic acids is 2. The zero-order valence-corrected chi connectivity index (χ0v) is 16.9. The van der Waals surface area contributed by atoms with Crippen LogP contribution in [-0.4, -0.2) is 32.9 Å². The highest BCUT2D eigenvalue weighted by Gasteiger charge is 2.23. The van der Waals surface area contributed by atoms with Gasteiger partial charge < -0.3 is 10.1 Å². The smallest absolute Gasteiger partial charge is 0.341 e. The fourth-order valence-corrected chi connectivity index (χ4v) is 3.25. The molecule has 0 saturated carbocycles. The molecule has 0 radical (unpaired) electrons. The highest BCUT2D eigenvalue weighted by atomic mass is 32.2. The quantitative estimate of drug-likeness (QED) is 0.634. The Labute approximate surface area is 169 Å². The second-order valence-corrected chi connectivity index (χ2v) is 8.06. The summed E-state index contributed by atoms with van der Waals surface area (Å²) in [6, 6.07) is 12.2. The minimum atomic E-state index is -4.12. The lowest BCUT2D eigenvalue weighted by atomic mass is 9.96. The molecule has 3 N–H and O–H groups in total. The van der Waals surface area contributed by atoms with Crippen molar-refractivity contribution in [2.45, 2.75) is 37.2 Å². The Morgan fingerprint density at radius 1 is 1.17 bits per heavy atom. The van der Waals surface area contributed by atoms with Gasteiger partial charge in [-0.1, -0.05) is 37.3 Å². The molecule has 0 heterocycles. The number of halogens is 1. The number of rotatable bonds is 8. The molecule has 1 amide bonds. The van der Waals surface area contributed by atoms with E-state index in [2.05, 4.69) is 5.32 Å². The summed E-state index contributed by atoms with van der Waals surface area (Å²) < 4.78 is 41.7. The Balaban J connectivity index is 2.01. The monoisotopic (exact) mass is 422 g/mol. The van der Waals surface area contributed by atoms with Crippen molar-refractivity contribution in [1.82, 2.24) is 5.32 Å². The number of nitrogens with two attached hydrogens (primary N) is 1. The summed E-state index contributed by atoms with van der Waals surface area (Å²) in [6.45, 7) is 3.68. The normalized spacial score (nSPS) is 13.4. The van der Waals surface area contributed by atoms with Gasteiger partial charge in [-0.05, 0) is 37.1 Å². The number of primary sulfonamides is 1. The van der Waals surface area contributed by atoms with Gasteiger partial charge in [0.15, 0.2) is 6.10 Å². The van der Waals surface area contributed by atoms with E-state index in [1.54, 1.807) is 0 Å². The Morgan fingerprint density at radius 3 is 2.41 bits per heavy atom. The summed E-state index contributed by atoms with van der Waals surface area (Å²) in [6.07, 6.45) is -0.405. The standard InChI is InChI=1S/C20H23FN2O5S/c1-3-14(15-7-5-4-6-8-15)12-23-19(24)13(2)28-20(25)17-11-16(29(22,26)27)9-10-18(17)21/h4-11,13-14H,3,12H2,1-2H3,(H,23,24)(H2,22,26,27)/t13-,14-/m0/s1. The van der Waals surface area contributed by atoms with Gasteiger partial charge in [0.25, 0.3) is 5.91 Å². The molecule has 2 atom stereocenters. The van der Waals surface area contributed by atoms with Gasteiger partial charge in [-0.2, -0.15) is 0 Å².